The number of hydrogen-bond acceptors (Lipinski definition) is 3. The van der Waals surface area contributed by atoms with E-state index in [1.807, 2.05) is 132 Å². The molecule has 0 saturated heterocycles. The van der Waals surface area contributed by atoms with Gasteiger partial charge in [0.1, 0.15) is 5.58 Å². The average molecular weight is 524 g/mol. The summed E-state index contributed by atoms with van der Waals surface area (Å²) in [5, 5.41) is 0.497. The first kappa shape index (κ1) is 41.9. The van der Waals surface area contributed by atoms with Crippen molar-refractivity contribution < 1.29 is 4.42 Å². The van der Waals surface area contributed by atoms with Gasteiger partial charge in [-0.05, 0) is 35.4 Å². The Morgan fingerprint density at radius 2 is 0.895 bits per heavy atom. The van der Waals surface area contributed by atoms with E-state index >= 15 is 0 Å². The number of fused-ring (bicyclic) bond motifs is 1. The Kier molecular flexibility index (Phi) is 35.1. The van der Waals surface area contributed by atoms with Crippen molar-refractivity contribution >= 4 is 11.0 Å². The Hall–Kier alpha value is -3.20. The van der Waals surface area contributed by atoms with Crippen LogP contribution in [-0.4, -0.2) is 4.98 Å². The van der Waals surface area contributed by atoms with Crippen LogP contribution < -0.4 is 5.56 Å². The molecule has 0 atom stereocenters. The lowest BCUT2D eigenvalue weighted by Crippen LogP contribution is -2.06. The number of rotatable bonds is 2. The minimum absolute atomic E-state index is 0.269. The normalized spacial score (nSPS) is 7.95. The molecule has 0 unspecified atom stereocenters. The lowest BCUT2D eigenvalue weighted by atomic mass is 10.0. The van der Waals surface area contributed by atoms with Crippen molar-refractivity contribution in [3.05, 3.63) is 89.2 Å². The zero-order valence-corrected chi connectivity index (χ0v) is 27.0. The molecule has 0 saturated carbocycles. The van der Waals surface area contributed by atoms with Crippen molar-refractivity contribution in [1.29, 1.82) is 0 Å². The standard InChI is InChI=1S/C20H13NO2.C3H8.6C2H6/c22-19-17-8-4-5-9-18(17)23-20(21-19)16-12-10-15(11-13-16)14-6-2-1-3-7-14;1-3-2;6*1-2/h1-13H;3H2,1-2H3;6*1-2H3. The summed E-state index contributed by atoms with van der Waals surface area (Å²) in [4.78, 5) is 16.1. The van der Waals surface area contributed by atoms with E-state index in [0.717, 1.165) is 16.7 Å². The van der Waals surface area contributed by atoms with Crippen LogP contribution in [0.4, 0.5) is 0 Å². The van der Waals surface area contributed by atoms with Crippen molar-refractivity contribution in [2.45, 2.75) is 103 Å². The Morgan fingerprint density at radius 1 is 0.526 bits per heavy atom. The van der Waals surface area contributed by atoms with Crippen LogP contribution in [-0.2, 0) is 0 Å². The van der Waals surface area contributed by atoms with Gasteiger partial charge in [0.25, 0.3) is 5.56 Å². The molecular weight excluding hydrogens is 466 g/mol. The van der Waals surface area contributed by atoms with Gasteiger partial charge in [-0.25, -0.2) is 0 Å². The van der Waals surface area contributed by atoms with Gasteiger partial charge < -0.3 is 4.42 Å². The largest absolute Gasteiger partial charge is 0.437 e. The molecule has 0 aliphatic heterocycles. The van der Waals surface area contributed by atoms with Gasteiger partial charge in [-0.15, -0.1) is 0 Å². The SMILES string of the molecule is CC.CC.CC.CC.CC.CC.CCC.O=c1nc(-c2ccc(-c3ccccc3)cc2)oc2ccccc12. The molecule has 0 aliphatic rings. The maximum absolute atomic E-state index is 12.1. The summed E-state index contributed by atoms with van der Waals surface area (Å²) in [6, 6.07) is 25.1. The summed E-state index contributed by atoms with van der Waals surface area (Å²) >= 11 is 0. The fourth-order valence-electron chi connectivity index (χ4n) is 2.57. The maximum atomic E-state index is 12.1. The van der Waals surface area contributed by atoms with Crippen molar-refractivity contribution in [2.24, 2.45) is 0 Å². The zero-order chi connectivity index (χ0) is 30.4. The summed E-state index contributed by atoms with van der Waals surface area (Å²) in [5.41, 5.74) is 3.32. The van der Waals surface area contributed by atoms with Gasteiger partial charge in [-0.2, -0.15) is 4.98 Å². The number of para-hydroxylation sites is 1. The third-order valence-electron chi connectivity index (χ3n) is 3.77. The molecule has 0 fully saturated rings. The summed E-state index contributed by atoms with van der Waals surface area (Å²) in [7, 11) is 0. The third kappa shape index (κ3) is 15.8. The molecule has 4 aromatic rings. The first-order valence-corrected chi connectivity index (χ1v) is 14.8. The van der Waals surface area contributed by atoms with Gasteiger partial charge in [0.15, 0.2) is 0 Å². The lowest BCUT2D eigenvalue weighted by molar-refractivity contribution is 0.595. The van der Waals surface area contributed by atoms with E-state index in [2.05, 4.69) is 31.0 Å². The van der Waals surface area contributed by atoms with Gasteiger partial charge >= 0.3 is 0 Å². The van der Waals surface area contributed by atoms with Gasteiger partial charge in [0.05, 0.1) is 5.39 Å². The summed E-state index contributed by atoms with van der Waals surface area (Å²) in [6.07, 6.45) is 1.25. The third-order valence-corrected chi connectivity index (χ3v) is 3.77. The van der Waals surface area contributed by atoms with E-state index in [1.54, 1.807) is 18.2 Å². The van der Waals surface area contributed by atoms with Crippen LogP contribution in [0.15, 0.2) is 88.1 Å². The molecule has 214 valence electrons. The fourth-order valence-corrected chi connectivity index (χ4v) is 2.57. The van der Waals surface area contributed by atoms with E-state index in [0.29, 0.717) is 16.9 Å². The quantitative estimate of drug-likeness (QED) is 0.262. The first-order valence-electron chi connectivity index (χ1n) is 14.8. The number of hydrogen-bond donors (Lipinski definition) is 0. The predicted molar refractivity (Wildman–Crippen MR) is 175 cm³/mol. The minimum atomic E-state index is -0.269. The van der Waals surface area contributed by atoms with Gasteiger partial charge in [0, 0.05) is 5.56 Å². The van der Waals surface area contributed by atoms with Crippen LogP contribution in [0, 0.1) is 0 Å². The number of benzene rings is 3. The molecule has 0 bridgehead atoms. The van der Waals surface area contributed by atoms with Crippen LogP contribution >= 0.6 is 0 Å². The van der Waals surface area contributed by atoms with Crippen molar-refractivity contribution in [3.63, 3.8) is 0 Å². The molecule has 4 rings (SSSR count). The second kappa shape index (κ2) is 31.8. The van der Waals surface area contributed by atoms with Crippen molar-refractivity contribution in [1.82, 2.24) is 4.98 Å². The first-order chi connectivity index (χ1) is 18.7. The highest BCUT2D eigenvalue weighted by molar-refractivity contribution is 5.77. The topological polar surface area (TPSA) is 43.1 Å². The molecule has 3 nitrogen and oxygen atoms in total. The molecule has 0 aliphatic carbocycles. The number of aromatic nitrogens is 1. The summed E-state index contributed by atoms with van der Waals surface area (Å²) < 4.78 is 5.76. The van der Waals surface area contributed by atoms with Gasteiger partial charge in [0.2, 0.25) is 5.89 Å². The van der Waals surface area contributed by atoms with Crippen LogP contribution in [0.5, 0.6) is 0 Å². The second-order valence-corrected chi connectivity index (χ2v) is 5.97. The molecule has 0 N–H and O–H groups in total. The fraction of sp³-hybridized carbons (Fsp3) is 0.429. The molecule has 38 heavy (non-hydrogen) atoms. The summed E-state index contributed by atoms with van der Waals surface area (Å²) in [6.45, 7) is 28.2. The highest BCUT2D eigenvalue weighted by Crippen LogP contribution is 2.24. The van der Waals surface area contributed by atoms with E-state index in [1.165, 1.54) is 6.42 Å². The maximum Gasteiger partial charge on any atom is 0.284 e. The van der Waals surface area contributed by atoms with Crippen molar-refractivity contribution in [2.75, 3.05) is 0 Å². The van der Waals surface area contributed by atoms with E-state index in [9.17, 15) is 4.79 Å². The molecule has 0 radical (unpaired) electrons. The number of nitrogens with zero attached hydrogens (tertiary/aromatic N) is 1. The van der Waals surface area contributed by atoms with Crippen LogP contribution in [0.1, 0.15) is 103 Å². The van der Waals surface area contributed by atoms with Crippen LogP contribution in [0.2, 0.25) is 0 Å². The second-order valence-electron chi connectivity index (χ2n) is 5.97. The average Bonchev–Trinajstić information content (AvgIpc) is 3.04. The Bertz CT molecular complexity index is 1040. The lowest BCUT2D eigenvalue weighted by Gasteiger charge is -2.04. The highest BCUT2D eigenvalue weighted by atomic mass is 16.3. The Labute approximate surface area is 235 Å². The molecule has 1 aromatic heterocycles. The highest BCUT2D eigenvalue weighted by Gasteiger charge is 2.08. The van der Waals surface area contributed by atoms with Crippen molar-refractivity contribution in [3.8, 4) is 22.6 Å². The van der Waals surface area contributed by atoms with E-state index in [4.69, 9.17) is 4.42 Å². The van der Waals surface area contributed by atoms with Crippen LogP contribution in [0.3, 0.4) is 0 Å². The van der Waals surface area contributed by atoms with E-state index in [-0.39, 0.29) is 5.56 Å². The molecule has 0 amide bonds. The van der Waals surface area contributed by atoms with Gasteiger partial charge in [-0.1, -0.05) is 158 Å². The minimum Gasteiger partial charge on any atom is -0.437 e. The molecule has 0 spiro atoms. The molecule has 3 aromatic carbocycles. The molecule has 3 heteroatoms. The van der Waals surface area contributed by atoms with E-state index < -0.39 is 0 Å². The Balaban J connectivity index is -0.000000333. The smallest absolute Gasteiger partial charge is 0.284 e. The molecule has 1 heterocycles. The van der Waals surface area contributed by atoms with Gasteiger partial charge in [-0.3, -0.25) is 4.79 Å². The zero-order valence-electron chi connectivity index (χ0n) is 27.0. The predicted octanol–water partition coefficient (Wildman–Crippen LogP) is 12.1. The summed E-state index contributed by atoms with van der Waals surface area (Å²) in [5.74, 6) is 0.341. The Morgan fingerprint density at radius 3 is 1.37 bits per heavy atom. The molecular formula is C35H57NO2. The van der Waals surface area contributed by atoms with Crippen LogP contribution in [0.25, 0.3) is 33.6 Å². The monoisotopic (exact) mass is 523 g/mol.